The molecule has 1 aromatic carbocycles. The molecule has 5 rings (SSSR count). The van der Waals surface area contributed by atoms with Crippen LogP contribution >= 0.6 is 0 Å². The van der Waals surface area contributed by atoms with E-state index in [1.165, 1.54) is 5.01 Å². The second-order valence-electron chi connectivity index (χ2n) is 16.4. The van der Waals surface area contributed by atoms with Crippen LogP contribution in [-0.4, -0.2) is 130 Å². The number of amides is 1. The van der Waals surface area contributed by atoms with E-state index in [0.29, 0.717) is 37.9 Å². The van der Waals surface area contributed by atoms with E-state index < -0.39 is 71.7 Å². The topological polar surface area (TPSA) is 167 Å². The van der Waals surface area contributed by atoms with Gasteiger partial charge in [0.1, 0.15) is 29.5 Å². The summed E-state index contributed by atoms with van der Waals surface area (Å²) in [5.41, 5.74) is 2.82. The third kappa shape index (κ3) is 8.76. The number of para-hydroxylation sites is 1. The van der Waals surface area contributed by atoms with Crippen molar-refractivity contribution in [2.75, 3.05) is 27.7 Å². The van der Waals surface area contributed by atoms with Gasteiger partial charge < -0.3 is 33.7 Å². The molecule has 0 radical (unpaired) electrons. The van der Waals surface area contributed by atoms with Crippen molar-refractivity contribution >= 4 is 28.9 Å². The van der Waals surface area contributed by atoms with Crippen LogP contribution in [-0.2, 0) is 39.8 Å². The zero-order chi connectivity index (χ0) is 40.4. The Balaban J connectivity index is 1.46. The fourth-order valence-corrected chi connectivity index (χ4v) is 8.95. The van der Waals surface area contributed by atoms with E-state index >= 15 is 0 Å². The number of ketones is 1. The van der Waals surface area contributed by atoms with Crippen LogP contribution in [0.5, 0.6) is 0 Å². The molecule has 15 heteroatoms. The van der Waals surface area contributed by atoms with E-state index in [2.05, 4.69) is 15.7 Å². The summed E-state index contributed by atoms with van der Waals surface area (Å²) in [4.78, 5) is 44.2. The molecular weight excluding hydrogens is 708 g/mol. The molecule has 0 aliphatic carbocycles. The minimum atomic E-state index is -1.37. The highest BCUT2D eigenvalue weighted by molar-refractivity contribution is 5.88. The molecule has 306 valence electrons. The number of Topliss-reactive ketones (excluding diaryl/α,β-unsaturated/α-hetero) is 1. The fraction of sp³-hybridized carbons (Fsp3) is 0.725. The van der Waals surface area contributed by atoms with E-state index in [4.69, 9.17) is 23.7 Å². The van der Waals surface area contributed by atoms with Crippen LogP contribution < -0.4 is 5.43 Å². The lowest BCUT2D eigenvalue weighted by molar-refractivity contribution is -0.294. The maximum atomic E-state index is 14.6. The molecule has 3 aliphatic rings. The third-order valence-electron chi connectivity index (χ3n) is 11.9. The smallest absolute Gasteiger partial charge is 0.425 e. The standard InChI is InChI=1S/C40H62N6O9/c1-12-31-40(8)34(46(38(50)55-40)41-18-15-19-45-29-17-14-13-16-28(29)42-43-45)27(6)32(47)25(4)22-39(7,51-11)35(23(2)20-24(3)36(49)53-31)54-37-33(48)30(44(9)10)21-26(5)52-37/h13-14,16-17,20,23,25-27,30-31,33-35,37,41,48H,12,15,18-19,21-22H2,1-11H3/b24-20+/t23-,25+,26+,27-,30-,31?,33+,34+,35+,37-,39+,40+/m0/s1. The number of benzene rings is 1. The number of hydrogen-bond acceptors (Lipinski definition) is 13. The van der Waals surface area contributed by atoms with Gasteiger partial charge in [-0.25, -0.2) is 24.7 Å². The molecule has 0 spiro atoms. The van der Waals surface area contributed by atoms with Crippen molar-refractivity contribution in [1.82, 2.24) is 30.3 Å². The maximum absolute atomic E-state index is 14.6. The number of hydrogen-bond donors (Lipinski definition) is 2. The molecule has 2 saturated heterocycles. The average molecular weight is 771 g/mol. The molecule has 0 saturated carbocycles. The van der Waals surface area contributed by atoms with Gasteiger partial charge >= 0.3 is 12.1 Å². The van der Waals surface area contributed by atoms with Gasteiger partial charge in [0.15, 0.2) is 11.9 Å². The SMILES string of the molecule is CCC1OC(=O)/C(C)=C/[C@H](C)[C@@H](O[C@@H]2O[C@H](C)C[C@H](N(C)C)[C@H]2O)[C@](C)(OC)C[C@@H](C)C(=O)[C@H](C)[C@H]2N(NCCCn3nnc4ccccc43)C(=O)O[C@]12C. The molecule has 2 N–H and O–H groups in total. The highest BCUT2D eigenvalue weighted by Gasteiger charge is 2.60. The van der Waals surface area contributed by atoms with Crippen molar-refractivity contribution in [2.24, 2.45) is 17.8 Å². The predicted octanol–water partition coefficient (Wildman–Crippen LogP) is 4.27. The summed E-state index contributed by atoms with van der Waals surface area (Å²) in [5.74, 6) is -2.48. The Morgan fingerprint density at radius 2 is 1.82 bits per heavy atom. The summed E-state index contributed by atoms with van der Waals surface area (Å²) in [5, 5.41) is 21.3. The molecule has 12 atom stereocenters. The summed E-state index contributed by atoms with van der Waals surface area (Å²) in [7, 11) is 5.39. The number of likely N-dealkylation sites (N-methyl/N-ethyl adjacent to an activating group) is 1. The van der Waals surface area contributed by atoms with Crippen molar-refractivity contribution in [2.45, 2.75) is 142 Å². The Labute approximate surface area is 324 Å². The zero-order valence-corrected chi connectivity index (χ0v) is 34.4. The number of aryl methyl sites for hydroxylation is 1. The summed E-state index contributed by atoms with van der Waals surface area (Å²) in [6.45, 7) is 15.6. The number of fused-ring (bicyclic) bond motifs is 2. The largest absolute Gasteiger partial charge is 0.455 e. The first-order valence-corrected chi connectivity index (χ1v) is 19.6. The lowest BCUT2D eigenvalue weighted by Gasteiger charge is -2.46. The summed E-state index contributed by atoms with van der Waals surface area (Å²) in [6, 6.07) is 6.66. The average Bonchev–Trinajstić information content (AvgIpc) is 3.67. The number of esters is 1. The number of methoxy groups -OCH3 is 1. The number of rotatable bonds is 10. The van der Waals surface area contributed by atoms with Crippen molar-refractivity contribution < 1.29 is 43.2 Å². The highest BCUT2D eigenvalue weighted by Crippen LogP contribution is 2.42. The van der Waals surface area contributed by atoms with E-state index in [9.17, 15) is 19.5 Å². The lowest BCUT2D eigenvalue weighted by atomic mass is 9.74. The van der Waals surface area contributed by atoms with Crippen molar-refractivity contribution in [3.8, 4) is 0 Å². The number of aliphatic hydroxyl groups is 1. The van der Waals surface area contributed by atoms with Crippen molar-refractivity contribution in [3.63, 3.8) is 0 Å². The van der Waals surface area contributed by atoms with Gasteiger partial charge in [0.2, 0.25) is 0 Å². The first kappa shape index (κ1) is 42.7. The van der Waals surface area contributed by atoms with Crippen LogP contribution in [0.1, 0.15) is 81.1 Å². The quantitative estimate of drug-likeness (QED) is 0.260. The first-order valence-electron chi connectivity index (χ1n) is 19.6. The van der Waals surface area contributed by atoms with E-state index in [1.54, 1.807) is 34.0 Å². The van der Waals surface area contributed by atoms with E-state index in [1.807, 2.05) is 82.6 Å². The molecule has 1 aromatic heterocycles. The highest BCUT2D eigenvalue weighted by atomic mass is 16.7. The second-order valence-corrected chi connectivity index (χ2v) is 16.4. The molecule has 55 heavy (non-hydrogen) atoms. The summed E-state index contributed by atoms with van der Waals surface area (Å²) < 4.78 is 33.2. The number of carbonyl (C=O) groups is 3. The van der Waals surface area contributed by atoms with Gasteiger partial charge in [-0.15, -0.1) is 5.10 Å². The molecule has 2 fully saturated rings. The minimum absolute atomic E-state index is 0.120. The Hall–Kier alpha value is -3.47. The number of aliphatic hydroxyl groups excluding tert-OH is 1. The van der Waals surface area contributed by atoms with Crippen LogP contribution in [0.25, 0.3) is 11.0 Å². The van der Waals surface area contributed by atoms with Gasteiger partial charge in [0.25, 0.3) is 0 Å². The number of ether oxygens (including phenoxy) is 5. The Morgan fingerprint density at radius 1 is 1.11 bits per heavy atom. The van der Waals surface area contributed by atoms with Gasteiger partial charge in [-0.3, -0.25) is 4.79 Å². The summed E-state index contributed by atoms with van der Waals surface area (Å²) in [6.07, 6.45) is -0.870. The van der Waals surface area contributed by atoms with Crippen LogP contribution in [0.15, 0.2) is 35.9 Å². The molecule has 3 aliphatic heterocycles. The zero-order valence-electron chi connectivity index (χ0n) is 34.4. The van der Waals surface area contributed by atoms with Crippen LogP contribution in [0.2, 0.25) is 0 Å². The lowest BCUT2D eigenvalue weighted by Crippen LogP contribution is -2.60. The normalized spacial score (nSPS) is 37.7. The number of nitrogens with one attached hydrogen (secondary N) is 1. The van der Waals surface area contributed by atoms with E-state index in [-0.39, 0.29) is 24.3 Å². The number of nitrogens with zero attached hydrogens (tertiary/aromatic N) is 5. The van der Waals surface area contributed by atoms with Gasteiger partial charge in [0.05, 0.1) is 23.3 Å². The monoisotopic (exact) mass is 770 g/mol. The van der Waals surface area contributed by atoms with Crippen LogP contribution in [0, 0.1) is 17.8 Å². The molecular formula is C40H62N6O9. The Bertz CT molecular complexity index is 1700. The first-order chi connectivity index (χ1) is 25.9. The van der Waals surface area contributed by atoms with Gasteiger partial charge in [0, 0.05) is 49.6 Å². The number of cyclic esters (lactones) is 1. The van der Waals surface area contributed by atoms with Gasteiger partial charge in [-0.1, -0.05) is 51.1 Å². The minimum Gasteiger partial charge on any atom is -0.455 e. The number of aromatic nitrogens is 3. The fourth-order valence-electron chi connectivity index (χ4n) is 8.95. The van der Waals surface area contributed by atoms with Gasteiger partial charge in [-0.05, 0) is 79.6 Å². The Morgan fingerprint density at radius 3 is 2.49 bits per heavy atom. The molecule has 2 aromatic rings. The molecule has 4 heterocycles. The Kier molecular flexibility index (Phi) is 13.5. The molecule has 0 bridgehead atoms. The molecule has 1 unspecified atom stereocenters. The molecule has 1 amide bonds. The van der Waals surface area contributed by atoms with Gasteiger partial charge in [-0.2, -0.15) is 0 Å². The second kappa shape index (κ2) is 17.3. The number of hydrazine groups is 1. The van der Waals surface area contributed by atoms with Crippen LogP contribution in [0.3, 0.4) is 0 Å². The van der Waals surface area contributed by atoms with Crippen molar-refractivity contribution in [3.05, 3.63) is 35.9 Å². The summed E-state index contributed by atoms with van der Waals surface area (Å²) >= 11 is 0. The van der Waals surface area contributed by atoms with Crippen LogP contribution in [0.4, 0.5) is 4.79 Å². The van der Waals surface area contributed by atoms with E-state index in [0.717, 1.165) is 11.0 Å². The molecule has 15 nitrogen and oxygen atoms in total. The number of carbonyl (C=O) groups excluding carboxylic acids is 3. The third-order valence-corrected chi connectivity index (χ3v) is 11.9. The van der Waals surface area contributed by atoms with Crippen molar-refractivity contribution in [1.29, 1.82) is 0 Å². The maximum Gasteiger partial charge on any atom is 0.425 e. The predicted molar refractivity (Wildman–Crippen MR) is 204 cm³/mol.